The minimum atomic E-state index is -0.430. The lowest BCUT2D eigenvalue weighted by Crippen LogP contribution is -2.42. The summed E-state index contributed by atoms with van der Waals surface area (Å²) in [6, 6.07) is 14.7. The van der Waals surface area contributed by atoms with Gasteiger partial charge in [0.2, 0.25) is 5.91 Å². The Morgan fingerprint density at radius 3 is 2.42 bits per heavy atom. The molecule has 36 heavy (non-hydrogen) atoms. The zero-order chi connectivity index (χ0) is 25.7. The number of nitrogens with one attached hydrogen (secondary N) is 1. The van der Waals surface area contributed by atoms with Crippen LogP contribution in [0, 0.1) is 6.92 Å². The van der Waals surface area contributed by atoms with Gasteiger partial charge in [0.25, 0.3) is 5.56 Å². The summed E-state index contributed by atoms with van der Waals surface area (Å²) in [5.41, 5.74) is 3.14. The number of benzene rings is 2. The van der Waals surface area contributed by atoms with Crippen molar-refractivity contribution in [2.45, 2.75) is 40.3 Å². The van der Waals surface area contributed by atoms with E-state index in [4.69, 9.17) is 14.5 Å². The molecule has 1 aliphatic heterocycles. The summed E-state index contributed by atoms with van der Waals surface area (Å²) in [7, 11) is 0. The van der Waals surface area contributed by atoms with E-state index in [9.17, 15) is 14.4 Å². The van der Waals surface area contributed by atoms with Gasteiger partial charge in [0.15, 0.2) is 0 Å². The summed E-state index contributed by atoms with van der Waals surface area (Å²) in [6.45, 7) is 6.79. The van der Waals surface area contributed by atoms with Crippen LogP contribution in [-0.2, 0) is 29.0 Å². The first-order valence-corrected chi connectivity index (χ1v) is 12.0. The zero-order valence-electron chi connectivity index (χ0n) is 20.7. The molecule has 9 heteroatoms. The van der Waals surface area contributed by atoms with Gasteiger partial charge in [0.1, 0.15) is 18.1 Å². The lowest BCUT2D eigenvalue weighted by molar-refractivity contribution is -0.116. The minimum Gasteiger partial charge on any atom is -0.494 e. The van der Waals surface area contributed by atoms with Crippen LogP contribution < -0.4 is 15.6 Å². The first-order valence-electron chi connectivity index (χ1n) is 12.0. The second-order valence-electron chi connectivity index (χ2n) is 8.49. The zero-order valence-corrected chi connectivity index (χ0v) is 20.7. The van der Waals surface area contributed by atoms with E-state index in [2.05, 4.69) is 5.32 Å². The standard InChI is InChI=1S/C27H30N4O5/c1-4-35-21-12-10-20(11-13-21)28-24(32)17-31-25(19-8-6-18(3)7-9-19)29-23-16-30(27(34)36-5-2)15-14-22(23)26(31)33/h6-13H,4-5,14-17H2,1-3H3,(H,28,32). The van der Waals surface area contributed by atoms with Gasteiger partial charge in [-0.1, -0.05) is 29.8 Å². The average Bonchev–Trinajstić information content (AvgIpc) is 2.87. The van der Waals surface area contributed by atoms with E-state index in [-0.39, 0.29) is 31.2 Å². The fourth-order valence-corrected chi connectivity index (χ4v) is 4.11. The second-order valence-corrected chi connectivity index (χ2v) is 8.49. The van der Waals surface area contributed by atoms with Gasteiger partial charge in [-0.05, 0) is 51.5 Å². The van der Waals surface area contributed by atoms with Gasteiger partial charge in [0, 0.05) is 23.4 Å². The van der Waals surface area contributed by atoms with Crippen LogP contribution >= 0.6 is 0 Å². The Bertz CT molecular complexity index is 1300. The molecule has 0 bridgehead atoms. The monoisotopic (exact) mass is 490 g/mol. The molecule has 0 aliphatic carbocycles. The molecule has 1 aliphatic rings. The van der Waals surface area contributed by atoms with Crippen LogP contribution in [0.4, 0.5) is 10.5 Å². The lowest BCUT2D eigenvalue weighted by Gasteiger charge is -2.28. The molecule has 3 aromatic rings. The van der Waals surface area contributed by atoms with Crippen LogP contribution in [-0.4, -0.2) is 46.2 Å². The number of fused-ring (bicyclic) bond motifs is 1. The molecule has 0 fully saturated rings. The van der Waals surface area contributed by atoms with Crippen molar-refractivity contribution in [3.8, 4) is 17.1 Å². The quantitative estimate of drug-likeness (QED) is 0.541. The van der Waals surface area contributed by atoms with Crippen molar-refractivity contribution in [1.29, 1.82) is 0 Å². The van der Waals surface area contributed by atoms with Crippen LogP contribution in [0.5, 0.6) is 5.75 Å². The largest absolute Gasteiger partial charge is 0.494 e. The fraction of sp³-hybridized carbons (Fsp3) is 0.333. The van der Waals surface area contributed by atoms with Crippen molar-refractivity contribution >= 4 is 17.7 Å². The van der Waals surface area contributed by atoms with E-state index in [0.29, 0.717) is 53.7 Å². The molecule has 0 radical (unpaired) electrons. The van der Waals surface area contributed by atoms with Crippen LogP contribution in [0.3, 0.4) is 0 Å². The summed E-state index contributed by atoms with van der Waals surface area (Å²) in [5, 5.41) is 2.84. The van der Waals surface area contributed by atoms with Crippen molar-refractivity contribution < 1.29 is 19.1 Å². The summed E-state index contributed by atoms with van der Waals surface area (Å²) in [5.74, 6) is 0.746. The average molecular weight is 491 g/mol. The maximum atomic E-state index is 13.6. The highest BCUT2D eigenvalue weighted by atomic mass is 16.6. The maximum absolute atomic E-state index is 13.6. The molecule has 188 valence electrons. The Morgan fingerprint density at radius 2 is 1.75 bits per heavy atom. The highest BCUT2D eigenvalue weighted by Gasteiger charge is 2.27. The molecule has 1 N–H and O–H groups in total. The summed E-state index contributed by atoms with van der Waals surface area (Å²) in [4.78, 5) is 45.1. The highest BCUT2D eigenvalue weighted by Crippen LogP contribution is 2.22. The maximum Gasteiger partial charge on any atom is 0.410 e. The van der Waals surface area contributed by atoms with Crippen molar-refractivity contribution in [1.82, 2.24) is 14.5 Å². The number of aryl methyl sites for hydroxylation is 1. The molecule has 0 atom stereocenters. The van der Waals surface area contributed by atoms with E-state index in [0.717, 1.165) is 5.56 Å². The SMILES string of the molecule is CCOC(=O)N1CCc2c(nc(-c3ccc(C)cc3)n(CC(=O)Nc3ccc(OCC)cc3)c2=O)C1. The Balaban J connectivity index is 1.66. The topological polar surface area (TPSA) is 103 Å². The van der Waals surface area contributed by atoms with Crippen LogP contribution in [0.2, 0.25) is 0 Å². The van der Waals surface area contributed by atoms with Gasteiger partial charge < -0.3 is 19.7 Å². The Morgan fingerprint density at radius 1 is 1.03 bits per heavy atom. The Hall–Kier alpha value is -4.14. The summed E-state index contributed by atoms with van der Waals surface area (Å²) in [6.07, 6.45) is -0.0879. The third kappa shape index (κ3) is 5.56. The number of amides is 2. The highest BCUT2D eigenvalue weighted by molar-refractivity contribution is 5.90. The number of nitrogens with zero attached hydrogens (tertiary/aromatic N) is 3. The van der Waals surface area contributed by atoms with E-state index in [1.807, 2.05) is 38.1 Å². The molecule has 9 nitrogen and oxygen atoms in total. The third-order valence-electron chi connectivity index (χ3n) is 5.91. The van der Waals surface area contributed by atoms with Crippen molar-refractivity contribution in [2.24, 2.45) is 0 Å². The van der Waals surface area contributed by atoms with Crippen LogP contribution in [0.1, 0.15) is 30.7 Å². The number of carbonyl (C=O) groups is 2. The number of carbonyl (C=O) groups excluding carboxylic acids is 2. The predicted octanol–water partition coefficient (Wildman–Crippen LogP) is 3.77. The first kappa shape index (κ1) is 25.0. The van der Waals surface area contributed by atoms with E-state index in [1.54, 1.807) is 36.1 Å². The van der Waals surface area contributed by atoms with Gasteiger partial charge >= 0.3 is 6.09 Å². The number of anilines is 1. The molecule has 0 saturated carbocycles. The molecule has 1 aromatic heterocycles. The molecular formula is C27H30N4O5. The second kappa shape index (κ2) is 11.1. The van der Waals surface area contributed by atoms with Gasteiger partial charge in [0.05, 0.1) is 25.5 Å². The van der Waals surface area contributed by atoms with Gasteiger partial charge in [-0.2, -0.15) is 0 Å². The number of hydrogen-bond donors (Lipinski definition) is 1. The number of aromatic nitrogens is 2. The fourth-order valence-electron chi connectivity index (χ4n) is 4.11. The number of rotatable bonds is 7. The number of ether oxygens (including phenoxy) is 2. The van der Waals surface area contributed by atoms with Crippen LogP contribution in [0.15, 0.2) is 53.3 Å². The minimum absolute atomic E-state index is 0.182. The van der Waals surface area contributed by atoms with Gasteiger partial charge in [-0.15, -0.1) is 0 Å². The third-order valence-corrected chi connectivity index (χ3v) is 5.91. The molecule has 2 heterocycles. The summed E-state index contributed by atoms with van der Waals surface area (Å²) >= 11 is 0. The molecular weight excluding hydrogens is 460 g/mol. The normalized spacial score (nSPS) is 12.6. The lowest BCUT2D eigenvalue weighted by atomic mass is 10.1. The predicted molar refractivity (Wildman–Crippen MR) is 136 cm³/mol. The smallest absolute Gasteiger partial charge is 0.410 e. The summed E-state index contributed by atoms with van der Waals surface area (Å²) < 4.78 is 12.0. The van der Waals surface area contributed by atoms with Gasteiger partial charge in [-0.3, -0.25) is 14.2 Å². The molecule has 4 rings (SSSR count). The molecule has 0 saturated heterocycles. The molecule has 0 unspecified atom stereocenters. The Labute approximate surface area is 209 Å². The van der Waals surface area contributed by atoms with E-state index in [1.165, 1.54) is 4.57 Å². The molecule has 0 spiro atoms. The molecule has 2 amide bonds. The first-order chi connectivity index (χ1) is 17.4. The van der Waals surface area contributed by atoms with E-state index >= 15 is 0 Å². The van der Waals surface area contributed by atoms with Crippen molar-refractivity contribution in [3.63, 3.8) is 0 Å². The number of hydrogen-bond acceptors (Lipinski definition) is 6. The Kier molecular flexibility index (Phi) is 7.68. The van der Waals surface area contributed by atoms with Gasteiger partial charge in [-0.25, -0.2) is 9.78 Å². The van der Waals surface area contributed by atoms with Crippen LogP contribution in [0.25, 0.3) is 11.4 Å². The van der Waals surface area contributed by atoms with Crippen molar-refractivity contribution in [2.75, 3.05) is 25.1 Å². The molecule has 2 aromatic carbocycles. The van der Waals surface area contributed by atoms with E-state index < -0.39 is 6.09 Å². The van der Waals surface area contributed by atoms with Crippen molar-refractivity contribution in [3.05, 3.63) is 75.7 Å².